The molecule has 1 atom stereocenters. The van der Waals surface area contributed by atoms with E-state index in [2.05, 4.69) is 10.5 Å². The van der Waals surface area contributed by atoms with Gasteiger partial charge in [0.05, 0.1) is 6.54 Å². The lowest BCUT2D eigenvalue weighted by Crippen LogP contribution is -2.46. The van der Waals surface area contributed by atoms with Gasteiger partial charge in [0.1, 0.15) is 11.3 Å². The molecule has 1 aliphatic heterocycles. The SMILES string of the molecule is Cc1cc(-n2c(C)cc(C(=O)CN3C(=O)NC(C)(C4CC4)C3=O)c2C)no1. The van der Waals surface area contributed by atoms with Crippen molar-refractivity contribution in [3.05, 3.63) is 34.8 Å². The predicted octanol–water partition coefficient (Wildman–Crippen LogP) is 2.29. The molecule has 1 N–H and O–H groups in total. The molecule has 1 saturated carbocycles. The molecule has 8 nitrogen and oxygen atoms in total. The smallest absolute Gasteiger partial charge is 0.325 e. The van der Waals surface area contributed by atoms with Crippen LogP contribution in [0.25, 0.3) is 5.82 Å². The van der Waals surface area contributed by atoms with Crippen molar-refractivity contribution in [2.45, 2.75) is 46.1 Å². The third-order valence-corrected chi connectivity index (χ3v) is 5.57. The molecule has 1 aliphatic carbocycles. The molecule has 27 heavy (non-hydrogen) atoms. The molecular weight excluding hydrogens is 348 g/mol. The zero-order valence-electron chi connectivity index (χ0n) is 15.8. The number of nitrogens with zero attached hydrogens (tertiary/aromatic N) is 3. The summed E-state index contributed by atoms with van der Waals surface area (Å²) in [4.78, 5) is 38.9. The lowest BCUT2D eigenvalue weighted by molar-refractivity contribution is -0.131. The highest BCUT2D eigenvalue weighted by Crippen LogP contribution is 2.42. The Bertz CT molecular complexity index is 969. The third kappa shape index (κ3) is 2.67. The maximum absolute atomic E-state index is 12.9. The lowest BCUT2D eigenvalue weighted by atomic mass is 9.96. The lowest BCUT2D eigenvalue weighted by Gasteiger charge is -2.20. The van der Waals surface area contributed by atoms with Gasteiger partial charge in [-0.05, 0) is 52.5 Å². The van der Waals surface area contributed by atoms with E-state index in [0.717, 1.165) is 23.4 Å². The van der Waals surface area contributed by atoms with Gasteiger partial charge in [-0.3, -0.25) is 19.1 Å². The highest BCUT2D eigenvalue weighted by atomic mass is 16.5. The average Bonchev–Trinajstić information content (AvgIpc) is 3.27. The summed E-state index contributed by atoms with van der Waals surface area (Å²) in [7, 11) is 0. The van der Waals surface area contributed by atoms with Gasteiger partial charge in [-0.25, -0.2) is 4.79 Å². The van der Waals surface area contributed by atoms with E-state index in [1.165, 1.54) is 0 Å². The fraction of sp³-hybridized carbons (Fsp3) is 0.474. The summed E-state index contributed by atoms with van der Waals surface area (Å²) in [6, 6.07) is 3.04. The van der Waals surface area contributed by atoms with Gasteiger partial charge in [0, 0.05) is 23.0 Å². The van der Waals surface area contributed by atoms with Crippen LogP contribution in [0.4, 0.5) is 4.79 Å². The predicted molar refractivity (Wildman–Crippen MR) is 95.7 cm³/mol. The molecule has 1 saturated heterocycles. The van der Waals surface area contributed by atoms with E-state index in [1.807, 2.05) is 18.4 Å². The summed E-state index contributed by atoms with van der Waals surface area (Å²) in [5.74, 6) is 0.832. The molecule has 2 aliphatic rings. The van der Waals surface area contributed by atoms with Crippen LogP contribution < -0.4 is 5.32 Å². The first kappa shape index (κ1) is 17.5. The van der Waals surface area contributed by atoms with Gasteiger partial charge in [-0.2, -0.15) is 0 Å². The molecule has 0 spiro atoms. The van der Waals surface area contributed by atoms with Crippen molar-refractivity contribution in [1.29, 1.82) is 0 Å². The van der Waals surface area contributed by atoms with Crippen molar-refractivity contribution >= 4 is 17.7 Å². The Morgan fingerprint density at radius 3 is 2.59 bits per heavy atom. The number of Topliss-reactive ketones (excluding diaryl/α,β-unsaturated/α-hetero) is 1. The number of rotatable bonds is 5. The number of carbonyl (C=O) groups excluding carboxylic acids is 3. The minimum Gasteiger partial charge on any atom is -0.360 e. The Labute approximate surface area is 156 Å². The van der Waals surface area contributed by atoms with E-state index in [-0.39, 0.29) is 24.2 Å². The van der Waals surface area contributed by atoms with Crippen molar-refractivity contribution in [3.8, 4) is 5.82 Å². The second-order valence-electron chi connectivity index (χ2n) is 7.64. The first-order valence-electron chi connectivity index (χ1n) is 9.02. The molecule has 2 aromatic rings. The Balaban J connectivity index is 1.59. The number of aryl methyl sites for hydroxylation is 2. The molecule has 3 heterocycles. The highest BCUT2D eigenvalue weighted by Gasteiger charge is 2.56. The number of hydrogen-bond acceptors (Lipinski definition) is 5. The Hall–Kier alpha value is -2.90. The average molecular weight is 370 g/mol. The number of ketones is 1. The largest absolute Gasteiger partial charge is 0.360 e. The van der Waals surface area contributed by atoms with E-state index in [9.17, 15) is 14.4 Å². The summed E-state index contributed by atoms with van der Waals surface area (Å²) < 4.78 is 6.95. The van der Waals surface area contributed by atoms with Gasteiger partial charge in [0.2, 0.25) is 0 Å². The van der Waals surface area contributed by atoms with E-state index in [4.69, 9.17) is 4.52 Å². The van der Waals surface area contributed by atoms with Crippen LogP contribution in [0, 0.1) is 26.7 Å². The minimum atomic E-state index is -0.882. The van der Waals surface area contributed by atoms with Gasteiger partial charge >= 0.3 is 6.03 Å². The topological polar surface area (TPSA) is 97.4 Å². The molecule has 1 unspecified atom stereocenters. The second-order valence-corrected chi connectivity index (χ2v) is 7.64. The van der Waals surface area contributed by atoms with Gasteiger partial charge in [0.15, 0.2) is 11.6 Å². The fourth-order valence-corrected chi connectivity index (χ4v) is 3.88. The molecule has 0 radical (unpaired) electrons. The van der Waals surface area contributed by atoms with E-state index in [1.54, 1.807) is 26.0 Å². The number of nitrogens with one attached hydrogen (secondary N) is 1. The normalized spacial score (nSPS) is 22.4. The van der Waals surface area contributed by atoms with Crippen molar-refractivity contribution in [1.82, 2.24) is 19.9 Å². The Kier molecular flexibility index (Phi) is 3.76. The summed E-state index contributed by atoms with van der Waals surface area (Å²) in [5.41, 5.74) is 1.10. The maximum atomic E-state index is 12.9. The number of imide groups is 1. The second kappa shape index (κ2) is 5.80. The minimum absolute atomic E-state index is 0.162. The van der Waals surface area contributed by atoms with Crippen LogP contribution in [0.15, 0.2) is 16.7 Å². The van der Waals surface area contributed by atoms with Crippen LogP contribution in [0.2, 0.25) is 0 Å². The van der Waals surface area contributed by atoms with Gasteiger partial charge in [0.25, 0.3) is 5.91 Å². The number of amides is 3. The van der Waals surface area contributed by atoms with Crippen LogP contribution in [0.3, 0.4) is 0 Å². The first-order valence-corrected chi connectivity index (χ1v) is 9.02. The molecule has 4 rings (SSSR count). The summed E-state index contributed by atoms with van der Waals surface area (Å²) in [6.07, 6.45) is 1.84. The molecule has 3 amide bonds. The molecular formula is C19H22N4O4. The van der Waals surface area contributed by atoms with Crippen molar-refractivity contribution < 1.29 is 18.9 Å². The molecule has 0 bridgehead atoms. The monoisotopic (exact) mass is 370 g/mol. The summed E-state index contributed by atoms with van der Waals surface area (Å²) >= 11 is 0. The quantitative estimate of drug-likeness (QED) is 0.643. The zero-order chi connectivity index (χ0) is 19.5. The first-order chi connectivity index (χ1) is 12.7. The zero-order valence-corrected chi connectivity index (χ0v) is 15.8. The Morgan fingerprint density at radius 1 is 1.30 bits per heavy atom. The summed E-state index contributed by atoms with van der Waals surface area (Å²) in [6.45, 7) is 6.95. The number of hydrogen-bond donors (Lipinski definition) is 1. The number of aromatic nitrogens is 2. The molecule has 8 heteroatoms. The van der Waals surface area contributed by atoms with Crippen molar-refractivity contribution in [2.24, 2.45) is 5.92 Å². The van der Waals surface area contributed by atoms with E-state index < -0.39 is 11.6 Å². The fourth-order valence-electron chi connectivity index (χ4n) is 3.88. The van der Waals surface area contributed by atoms with Crippen LogP contribution in [-0.2, 0) is 4.79 Å². The standard InChI is InChI=1S/C19H22N4O4/c1-10-7-14(12(3)23(10)16-8-11(2)27-21-16)15(24)9-22-17(25)19(4,13-5-6-13)20-18(22)26/h7-8,13H,5-6,9H2,1-4H3,(H,20,26). The number of urea groups is 1. The van der Waals surface area contributed by atoms with Gasteiger partial charge in [-0.1, -0.05) is 5.16 Å². The van der Waals surface area contributed by atoms with E-state index in [0.29, 0.717) is 22.8 Å². The molecule has 0 aromatic carbocycles. The summed E-state index contributed by atoms with van der Waals surface area (Å²) in [5, 5.41) is 6.77. The van der Waals surface area contributed by atoms with Gasteiger partial charge in [-0.15, -0.1) is 0 Å². The molecule has 2 fully saturated rings. The molecule has 2 aromatic heterocycles. The van der Waals surface area contributed by atoms with Crippen LogP contribution in [0.1, 0.15) is 47.3 Å². The van der Waals surface area contributed by atoms with Gasteiger partial charge < -0.3 is 9.84 Å². The Morgan fingerprint density at radius 2 is 2.00 bits per heavy atom. The highest BCUT2D eigenvalue weighted by molar-refractivity contribution is 6.11. The molecule has 142 valence electrons. The maximum Gasteiger partial charge on any atom is 0.325 e. The van der Waals surface area contributed by atoms with Crippen molar-refractivity contribution in [3.63, 3.8) is 0 Å². The van der Waals surface area contributed by atoms with Crippen LogP contribution in [-0.4, -0.2) is 44.4 Å². The third-order valence-electron chi connectivity index (χ3n) is 5.57. The van der Waals surface area contributed by atoms with Crippen molar-refractivity contribution in [2.75, 3.05) is 6.54 Å². The number of carbonyl (C=O) groups is 3. The van der Waals surface area contributed by atoms with Crippen LogP contribution >= 0.6 is 0 Å². The van der Waals surface area contributed by atoms with Crippen LogP contribution in [0.5, 0.6) is 0 Å². The van der Waals surface area contributed by atoms with E-state index >= 15 is 0 Å².